The second-order valence-corrected chi connectivity index (χ2v) is 4.49. The summed E-state index contributed by atoms with van der Waals surface area (Å²) in [7, 11) is 1.98. The average Bonchev–Trinajstić information content (AvgIpc) is 2.84. The maximum Gasteiger partial charge on any atom is 0.156 e. The molecule has 0 fully saturated rings. The van der Waals surface area contributed by atoms with Crippen LogP contribution in [0, 0.1) is 6.92 Å². The molecule has 2 heterocycles. The van der Waals surface area contributed by atoms with Crippen LogP contribution in [0.3, 0.4) is 0 Å². The van der Waals surface area contributed by atoms with Crippen LogP contribution in [-0.4, -0.2) is 19.7 Å². The SMILES string of the molecule is Cc1nnc(NCc2nccn2C)c2ccccc12. The topological polar surface area (TPSA) is 55.6 Å². The van der Waals surface area contributed by atoms with E-state index in [1.165, 1.54) is 0 Å². The normalized spacial score (nSPS) is 10.8. The summed E-state index contributed by atoms with van der Waals surface area (Å²) in [6, 6.07) is 8.14. The molecule has 0 aliphatic rings. The van der Waals surface area contributed by atoms with Crippen LogP contribution in [0.2, 0.25) is 0 Å². The number of hydrogen-bond acceptors (Lipinski definition) is 4. The zero-order valence-electron chi connectivity index (χ0n) is 11.0. The van der Waals surface area contributed by atoms with E-state index >= 15 is 0 Å². The van der Waals surface area contributed by atoms with E-state index in [0.29, 0.717) is 6.54 Å². The molecule has 0 amide bonds. The summed E-state index contributed by atoms with van der Waals surface area (Å²) in [5.74, 6) is 1.76. The number of benzene rings is 1. The number of fused-ring (bicyclic) bond motifs is 1. The highest BCUT2D eigenvalue weighted by Gasteiger charge is 2.06. The molecular formula is C14H15N5. The highest BCUT2D eigenvalue weighted by Crippen LogP contribution is 2.22. The van der Waals surface area contributed by atoms with Gasteiger partial charge in [0.25, 0.3) is 0 Å². The number of anilines is 1. The third-order valence-corrected chi connectivity index (χ3v) is 3.21. The Morgan fingerprint density at radius 3 is 2.68 bits per heavy atom. The van der Waals surface area contributed by atoms with Gasteiger partial charge in [-0.3, -0.25) is 0 Å². The molecule has 0 aliphatic heterocycles. The molecule has 0 atom stereocenters. The van der Waals surface area contributed by atoms with Crippen molar-refractivity contribution < 1.29 is 0 Å². The highest BCUT2D eigenvalue weighted by molar-refractivity contribution is 5.92. The summed E-state index contributed by atoms with van der Waals surface area (Å²) in [6.07, 6.45) is 3.71. The first kappa shape index (κ1) is 11.6. The van der Waals surface area contributed by atoms with Gasteiger partial charge in [-0.25, -0.2) is 4.98 Å². The van der Waals surface area contributed by atoms with Crippen molar-refractivity contribution in [2.24, 2.45) is 7.05 Å². The molecule has 1 aromatic carbocycles. The minimum absolute atomic E-state index is 0.630. The van der Waals surface area contributed by atoms with Gasteiger partial charge in [-0.2, -0.15) is 5.10 Å². The maximum atomic E-state index is 4.28. The number of aromatic nitrogens is 4. The van der Waals surface area contributed by atoms with Gasteiger partial charge < -0.3 is 9.88 Å². The lowest BCUT2D eigenvalue weighted by atomic mass is 10.1. The van der Waals surface area contributed by atoms with Crippen molar-refractivity contribution in [3.8, 4) is 0 Å². The van der Waals surface area contributed by atoms with E-state index in [9.17, 15) is 0 Å². The lowest BCUT2D eigenvalue weighted by molar-refractivity contribution is 0.809. The molecular weight excluding hydrogens is 238 g/mol. The van der Waals surface area contributed by atoms with Gasteiger partial charge >= 0.3 is 0 Å². The minimum atomic E-state index is 0.630. The van der Waals surface area contributed by atoms with E-state index < -0.39 is 0 Å². The molecule has 0 spiro atoms. The van der Waals surface area contributed by atoms with Crippen LogP contribution in [0.1, 0.15) is 11.5 Å². The van der Waals surface area contributed by atoms with Crippen molar-refractivity contribution >= 4 is 16.6 Å². The van der Waals surface area contributed by atoms with E-state index in [1.54, 1.807) is 6.20 Å². The van der Waals surface area contributed by atoms with Crippen LogP contribution in [0.15, 0.2) is 36.7 Å². The van der Waals surface area contributed by atoms with Crippen molar-refractivity contribution in [3.05, 3.63) is 48.2 Å². The summed E-state index contributed by atoms with van der Waals surface area (Å²) < 4.78 is 1.98. The Morgan fingerprint density at radius 1 is 1.16 bits per heavy atom. The zero-order chi connectivity index (χ0) is 13.2. The van der Waals surface area contributed by atoms with Crippen molar-refractivity contribution in [2.75, 3.05) is 5.32 Å². The van der Waals surface area contributed by atoms with E-state index in [0.717, 1.165) is 28.1 Å². The highest BCUT2D eigenvalue weighted by atomic mass is 15.2. The van der Waals surface area contributed by atoms with Crippen molar-refractivity contribution in [3.63, 3.8) is 0 Å². The molecule has 1 N–H and O–H groups in total. The molecule has 2 aromatic heterocycles. The molecule has 19 heavy (non-hydrogen) atoms. The number of aryl methyl sites for hydroxylation is 2. The van der Waals surface area contributed by atoms with Gasteiger partial charge in [0.1, 0.15) is 5.82 Å². The molecule has 0 saturated heterocycles. The van der Waals surface area contributed by atoms with E-state index in [1.807, 2.05) is 36.9 Å². The van der Waals surface area contributed by atoms with Crippen LogP contribution in [0.4, 0.5) is 5.82 Å². The summed E-state index contributed by atoms with van der Waals surface area (Å²) in [6.45, 7) is 2.60. The second kappa shape index (κ2) is 4.68. The van der Waals surface area contributed by atoms with Gasteiger partial charge in [0, 0.05) is 30.2 Å². The first-order valence-corrected chi connectivity index (χ1v) is 6.18. The monoisotopic (exact) mass is 253 g/mol. The minimum Gasteiger partial charge on any atom is -0.361 e. The van der Waals surface area contributed by atoms with Crippen molar-refractivity contribution in [1.29, 1.82) is 0 Å². The largest absolute Gasteiger partial charge is 0.361 e. The fourth-order valence-corrected chi connectivity index (χ4v) is 2.10. The predicted molar refractivity (Wildman–Crippen MR) is 74.8 cm³/mol. The molecule has 5 heteroatoms. The van der Waals surface area contributed by atoms with Crippen molar-refractivity contribution in [1.82, 2.24) is 19.7 Å². The Balaban J connectivity index is 1.93. The molecule has 0 saturated carbocycles. The average molecular weight is 253 g/mol. The first-order chi connectivity index (χ1) is 9.25. The van der Waals surface area contributed by atoms with Crippen molar-refractivity contribution in [2.45, 2.75) is 13.5 Å². The van der Waals surface area contributed by atoms with Gasteiger partial charge in [0.05, 0.1) is 12.2 Å². The van der Waals surface area contributed by atoms with Gasteiger partial charge in [0.15, 0.2) is 5.82 Å². The standard InChI is InChI=1S/C14H15N5/c1-10-11-5-3-4-6-12(11)14(18-17-10)16-9-13-15-7-8-19(13)2/h3-8H,9H2,1-2H3,(H,16,18). The first-order valence-electron chi connectivity index (χ1n) is 6.18. The number of rotatable bonds is 3. The van der Waals surface area contributed by atoms with Crippen LogP contribution >= 0.6 is 0 Å². The summed E-state index contributed by atoms with van der Waals surface area (Å²) in [5.41, 5.74) is 0.943. The molecule has 0 bridgehead atoms. The summed E-state index contributed by atoms with van der Waals surface area (Å²) in [5, 5.41) is 13.9. The Labute approximate surface area is 111 Å². The van der Waals surface area contributed by atoms with Gasteiger partial charge in [0.2, 0.25) is 0 Å². The number of hydrogen-bond donors (Lipinski definition) is 1. The van der Waals surface area contributed by atoms with Gasteiger partial charge in [-0.1, -0.05) is 24.3 Å². The maximum absolute atomic E-state index is 4.28. The predicted octanol–water partition coefficient (Wildman–Crippen LogP) is 2.28. The van der Waals surface area contributed by atoms with E-state index in [4.69, 9.17) is 0 Å². The molecule has 0 radical (unpaired) electrons. The quantitative estimate of drug-likeness (QED) is 0.778. The number of nitrogens with zero attached hydrogens (tertiary/aromatic N) is 4. The Bertz CT molecular complexity index is 717. The molecule has 5 nitrogen and oxygen atoms in total. The summed E-state index contributed by atoms with van der Waals surface area (Å²) >= 11 is 0. The lowest BCUT2D eigenvalue weighted by Gasteiger charge is -2.09. The van der Waals surface area contributed by atoms with Crippen LogP contribution in [0.25, 0.3) is 10.8 Å². The van der Waals surface area contributed by atoms with Gasteiger partial charge in [-0.05, 0) is 6.92 Å². The molecule has 0 unspecified atom stereocenters. The third kappa shape index (κ3) is 2.14. The number of imidazole rings is 1. The zero-order valence-corrected chi connectivity index (χ0v) is 11.0. The van der Waals surface area contributed by atoms with E-state index in [2.05, 4.69) is 32.6 Å². The Hall–Kier alpha value is -2.43. The Morgan fingerprint density at radius 2 is 1.95 bits per heavy atom. The molecule has 96 valence electrons. The van der Waals surface area contributed by atoms with Gasteiger partial charge in [-0.15, -0.1) is 5.10 Å². The summed E-state index contributed by atoms with van der Waals surface area (Å²) in [4.78, 5) is 4.28. The third-order valence-electron chi connectivity index (χ3n) is 3.21. The fraction of sp³-hybridized carbons (Fsp3) is 0.214. The molecule has 3 aromatic rings. The smallest absolute Gasteiger partial charge is 0.156 e. The molecule has 0 aliphatic carbocycles. The van der Waals surface area contributed by atoms with Crippen LogP contribution < -0.4 is 5.32 Å². The lowest BCUT2D eigenvalue weighted by Crippen LogP contribution is -2.08. The number of nitrogens with one attached hydrogen (secondary N) is 1. The van der Waals surface area contributed by atoms with E-state index in [-0.39, 0.29) is 0 Å². The Kier molecular flexibility index (Phi) is 2.87. The molecule has 3 rings (SSSR count). The second-order valence-electron chi connectivity index (χ2n) is 4.49. The van der Waals surface area contributed by atoms with Crippen LogP contribution in [0.5, 0.6) is 0 Å². The fourth-order valence-electron chi connectivity index (χ4n) is 2.10. The van der Waals surface area contributed by atoms with Crippen LogP contribution in [-0.2, 0) is 13.6 Å².